The summed E-state index contributed by atoms with van der Waals surface area (Å²) in [5.74, 6) is -2.03. The molecule has 0 radical (unpaired) electrons. The van der Waals surface area contributed by atoms with Crippen molar-refractivity contribution in [2.75, 3.05) is 13.3 Å². The van der Waals surface area contributed by atoms with Gasteiger partial charge in [0.25, 0.3) is 5.91 Å². The van der Waals surface area contributed by atoms with Crippen molar-refractivity contribution in [1.29, 1.82) is 0 Å². The summed E-state index contributed by atoms with van der Waals surface area (Å²) in [7, 11) is 0. The summed E-state index contributed by atoms with van der Waals surface area (Å²) in [5.41, 5.74) is 1.25. The second-order valence-electron chi connectivity index (χ2n) is 5.14. The van der Waals surface area contributed by atoms with Gasteiger partial charge in [0.1, 0.15) is 11.6 Å². The number of carboxylic acid groups (broad SMARTS) is 1. The van der Waals surface area contributed by atoms with Gasteiger partial charge < -0.3 is 24.3 Å². The highest BCUT2D eigenvalue weighted by Gasteiger charge is 2.18. The standard InChI is InChI=1S/C16H14FNO6/c17-11-5-9(14-10(6-11)7-22-8-23-14)3-4-18-15(19)12-1-2-13(24-12)16(20)21/h1-2,5-6H,3-4,7-8H2,(H,18,19)(H,20,21). The number of carboxylic acids is 1. The van der Waals surface area contributed by atoms with E-state index in [0.29, 0.717) is 23.3 Å². The summed E-state index contributed by atoms with van der Waals surface area (Å²) in [5, 5.41) is 11.3. The predicted molar refractivity (Wildman–Crippen MR) is 78.4 cm³/mol. The average Bonchev–Trinajstić information content (AvgIpc) is 3.05. The smallest absolute Gasteiger partial charge is 0.371 e. The first-order valence-corrected chi connectivity index (χ1v) is 7.18. The van der Waals surface area contributed by atoms with Crippen molar-refractivity contribution in [3.8, 4) is 5.75 Å². The van der Waals surface area contributed by atoms with Crippen LogP contribution >= 0.6 is 0 Å². The Hall–Kier alpha value is -2.87. The number of halogens is 1. The molecular weight excluding hydrogens is 321 g/mol. The van der Waals surface area contributed by atoms with Gasteiger partial charge in [-0.15, -0.1) is 0 Å². The first-order valence-electron chi connectivity index (χ1n) is 7.18. The van der Waals surface area contributed by atoms with Crippen molar-refractivity contribution in [3.05, 3.63) is 52.7 Å². The SMILES string of the molecule is O=C(O)c1ccc(C(=O)NCCc2cc(F)cc3c2OCOC3)o1. The molecule has 2 N–H and O–H groups in total. The quantitative estimate of drug-likeness (QED) is 0.867. The third kappa shape index (κ3) is 3.38. The lowest BCUT2D eigenvalue weighted by Crippen LogP contribution is -2.25. The topological polar surface area (TPSA) is 98.0 Å². The first-order chi connectivity index (χ1) is 11.5. The Kier molecular flexibility index (Phi) is 4.48. The molecule has 126 valence electrons. The molecule has 1 aromatic heterocycles. The van der Waals surface area contributed by atoms with Gasteiger partial charge in [0.2, 0.25) is 5.76 Å². The molecule has 24 heavy (non-hydrogen) atoms. The lowest BCUT2D eigenvalue weighted by molar-refractivity contribution is -0.0172. The van der Waals surface area contributed by atoms with Gasteiger partial charge in [0, 0.05) is 12.1 Å². The third-order valence-electron chi connectivity index (χ3n) is 3.47. The van der Waals surface area contributed by atoms with Crippen LogP contribution in [-0.4, -0.2) is 30.3 Å². The van der Waals surface area contributed by atoms with Crippen LogP contribution in [0.15, 0.2) is 28.7 Å². The second kappa shape index (κ2) is 6.71. The molecule has 0 unspecified atom stereocenters. The molecule has 1 aliphatic rings. The predicted octanol–water partition coefficient (Wildman–Crippen LogP) is 1.96. The van der Waals surface area contributed by atoms with Crippen LogP contribution in [0.3, 0.4) is 0 Å². The Labute approximate surface area is 136 Å². The van der Waals surface area contributed by atoms with Crippen molar-refractivity contribution in [2.45, 2.75) is 13.0 Å². The summed E-state index contributed by atoms with van der Waals surface area (Å²) in [6, 6.07) is 5.19. The van der Waals surface area contributed by atoms with Crippen LogP contribution in [0.25, 0.3) is 0 Å². The summed E-state index contributed by atoms with van der Waals surface area (Å²) in [6.45, 7) is 0.585. The number of hydrogen-bond acceptors (Lipinski definition) is 5. The van der Waals surface area contributed by atoms with E-state index in [0.717, 1.165) is 0 Å². The number of fused-ring (bicyclic) bond motifs is 1. The van der Waals surface area contributed by atoms with Crippen LogP contribution in [0.5, 0.6) is 5.75 Å². The Bertz CT molecular complexity index is 785. The third-order valence-corrected chi connectivity index (χ3v) is 3.47. The number of carbonyl (C=O) groups is 2. The lowest BCUT2D eigenvalue weighted by Gasteiger charge is -2.20. The van der Waals surface area contributed by atoms with E-state index in [4.69, 9.17) is 19.0 Å². The van der Waals surface area contributed by atoms with Crippen LogP contribution in [0, 0.1) is 5.82 Å². The molecule has 0 saturated carbocycles. The number of amides is 1. The fraction of sp³-hybridized carbons (Fsp3) is 0.250. The number of ether oxygens (including phenoxy) is 2. The van der Waals surface area contributed by atoms with Crippen molar-refractivity contribution in [3.63, 3.8) is 0 Å². The summed E-state index contributed by atoms with van der Waals surface area (Å²) >= 11 is 0. The first kappa shape index (κ1) is 16.0. The number of hydrogen-bond donors (Lipinski definition) is 2. The maximum absolute atomic E-state index is 13.6. The van der Waals surface area contributed by atoms with E-state index < -0.39 is 17.7 Å². The Morgan fingerprint density at radius 1 is 1.25 bits per heavy atom. The minimum atomic E-state index is -1.25. The number of furan rings is 1. The molecule has 1 aromatic carbocycles. The van der Waals surface area contributed by atoms with E-state index in [1.54, 1.807) is 0 Å². The van der Waals surface area contributed by atoms with Crippen LogP contribution in [-0.2, 0) is 17.8 Å². The summed E-state index contributed by atoms with van der Waals surface area (Å²) in [6.07, 6.45) is 0.346. The molecule has 3 rings (SSSR count). The molecular formula is C16H14FNO6. The Balaban J connectivity index is 1.63. The molecule has 2 heterocycles. The minimum absolute atomic E-state index is 0.0988. The molecule has 0 aliphatic carbocycles. The largest absolute Gasteiger partial charge is 0.475 e. The van der Waals surface area contributed by atoms with Gasteiger partial charge >= 0.3 is 5.97 Å². The van der Waals surface area contributed by atoms with Gasteiger partial charge in [-0.1, -0.05) is 0 Å². The van der Waals surface area contributed by atoms with E-state index in [1.807, 2.05) is 0 Å². The highest BCUT2D eigenvalue weighted by Crippen LogP contribution is 2.29. The molecule has 2 aromatic rings. The highest BCUT2D eigenvalue weighted by molar-refractivity contribution is 5.93. The zero-order valence-electron chi connectivity index (χ0n) is 12.5. The van der Waals surface area contributed by atoms with Gasteiger partial charge in [0.15, 0.2) is 12.6 Å². The second-order valence-corrected chi connectivity index (χ2v) is 5.14. The van der Waals surface area contributed by atoms with Crippen LogP contribution in [0.2, 0.25) is 0 Å². The van der Waals surface area contributed by atoms with Gasteiger partial charge in [-0.05, 0) is 36.2 Å². The summed E-state index contributed by atoms with van der Waals surface area (Å²) < 4.78 is 29.0. The molecule has 0 atom stereocenters. The van der Waals surface area contributed by atoms with Gasteiger partial charge in [-0.25, -0.2) is 9.18 Å². The van der Waals surface area contributed by atoms with Crippen LogP contribution in [0.1, 0.15) is 32.2 Å². The number of rotatable bonds is 5. The van der Waals surface area contributed by atoms with Gasteiger partial charge in [0.05, 0.1) is 6.61 Å². The fourth-order valence-corrected chi connectivity index (χ4v) is 2.42. The van der Waals surface area contributed by atoms with Crippen molar-refractivity contribution in [2.24, 2.45) is 0 Å². The highest BCUT2D eigenvalue weighted by atomic mass is 19.1. The molecule has 0 spiro atoms. The minimum Gasteiger partial charge on any atom is -0.475 e. The number of carbonyl (C=O) groups excluding carboxylic acids is 1. The normalized spacial score (nSPS) is 13.0. The molecule has 1 aliphatic heterocycles. The van der Waals surface area contributed by atoms with Gasteiger partial charge in [-0.3, -0.25) is 4.79 Å². The van der Waals surface area contributed by atoms with E-state index in [9.17, 15) is 14.0 Å². The average molecular weight is 335 g/mol. The fourth-order valence-electron chi connectivity index (χ4n) is 2.42. The van der Waals surface area contributed by atoms with E-state index in [-0.39, 0.29) is 31.5 Å². The number of aromatic carboxylic acids is 1. The molecule has 0 bridgehead atoms. The van der Waals surface area contributed by atoms with E-state index >= 15 is 0 Å². The Morgan fingerprint density at radius 2 is 2.04 bits per heavy atom. The Morgan fingerprint density at radius 3 is 2.79 bits per heavy atom. The molecule has 0 saturated heterocycles. The molecule has 0 fully saturated rings. The number of benzene rings is 1. The number of nitrogens with one attached hydrogen (secondary N) is 1. The maximum atomic E-state index is 13.6. The summed E-state index contributed by atoms with van der Waals surface area (Å²) in [4.78, 5) is 22.6. The van der Waals surface area contributed by atoms with Crippen molar-refractivity contribution < 1.29 is 33.0 Å². The lowest BCUT2D eigenvalue weighted by atomic mass is 10.1. The van der Waals surface area contributed by atoms with E-state index in [2.05, 4.69) is 5.32 Å². The molecule has 7 nitrogen and oxygen atoms in total. The van der Waals surface area contributed by atoms with Crippen LogP contribution in [0.4, 0.5) is 4.39 Å². The molecule has 8 heteroatoms. The monoisotopic (exact) mass is 335 g/mol. The zero-order valence-corrected chi connectivity index (χ0v) is 12.5. The maximum Gasteiger partial charge on any atom is 0.371 e. The van der Waals surface area contributed by atoms with Crippen molar-refractivity contribution >= 4 is 11.9 Å². The van der Waals surface area contributed by atoms with Crippen molar-refractivity contribution in [1.82, 2.24) is 5.32 Å². The van der Waals surface area contributed by atoms with Gasteiger partial charge in [-0.2, -0.15) is 0 Å². The van der Waals surface area contributed by atoms with E-state index in [1.165, 1.54) is 24.3 Å². The van der Waals surface area contributed by atoms with Crippen LogP contribution < -0.4 is 10.1 Å². The molecule has 1 amide bonds. The zero-order chi connectivity index (χ0) is 17.1.